The Hall–Kier alpha value is -1.90. The number of aromatic nitrogens is 2. The molecule has 0 bridgehead atoms. The SMILES string of the molecule is Cc1ccc(C)n1-c1ccc(C(=O)C(C)C)cn1. The van der Waals surface area contributed by atoms with E-state index in [9.17, 15) is 4.79 Å². The van der Waals surface area contributed by atoms with Gasteiger partial charge in [-0.15, -0.1) is 0 Å². The quantitative estimate of drug-likeness (QED) is 0.774. The van der Waals surface area contributed by atoms with Gasteiger partial charge in [-0.05, 0) is 38.1 Å². The van der Waals surface area contributed by atoms with Crippen LogP contribution in [0.1, 0.15) is 35.6 Å². The first-order chi connectivity index (χ1) is 8.50. The van der Waals surface area contributed by atoms with Crippen LogP contribution in [0, 0.1) is 19.8 Å². The predicted molar refractivity (Wildman–Crippen MR) is 72.2 cm³/mol. The molecule has 2 heterocycles. The molecule has 0 aliphatic heterocycles. The molecule has 18 heavy (non-hydrogen) atoms. The molecule has 2 rings (SSSR count). The van der Waals surface area contributed by atoms with Crippen molar-refractivity contribution in [3.63, 3.8) is 0 Å². The van der Waals surface area contributed by atoms with E-state index in [0.29, 0.717) is 5.56 Å². The van der Waals surface area contributed by atoms with Crippen molar-refractivity contribution in [3.05, 3.63) is 47.4 Å². The summed E-state index contributed by atoms with van der Waals surface area (Å²) >= 11 is 0. The van der Waals surface area contributed by atoms with E-state index in [2.05, 4.69) is 21.7 Å². The Morgan fingerprint density at radius 1 is 1.11 bits per heavy atom. The summed E-state index contributed by atoms with van der Waals surface area (Å²) in [4.78, 5) is 16.2. The number of hydrogen-bond acceptors (Lipinski definition) is 2. The van der Waals surface area contributed by atoms with Crippen molar-refractivity contribution >= 4 is 5.78 Å². The zero-order chi connectivity index (χ0) is 13.3. The minimum atomic E-state index is 0.00713. The van der Waals surface area contributed by atoms with Crippen molar-refractivity contribution in [3.8, 4) is 5.82 Å². The minimum Gasteiger partial charge on any atom is -0.303 e. The average molecular weight is 242 g/mol. The average Bonchev–Trinajstić information content (AvgIpc) is 2.68. The maximum atomic E-state index is 11.8. The first-order valence-corrected chi connectivity index (χ1v) is 6.16. The fourth-order valence-corrected chi connectivity index (χ4v) is 2.03. The number of nitrogens with zero attached hydrogens (tertiary/aromatic N) is 2. The Morgan fingerprint density at radius 3 is 2.17 bits per heavy atom. The summed E-state index contributed by atoms with van der Waals surface area (Å²) in [5.74, 6) is 0.998. The molecule has 2 aromatic heterocycles. The van der Waals surface area contributed by atoms with Crippen LogP contribution in [0.25, 0.3) is 5.82 Å². The van der Waals surface area contributed by atoms with Gasteiger partial charge in [-0.1, -0.05) is 13.8 Å². The summed E-state index contributed by atoms with van der Waals surface area (Å²) in [6, 6.07) is 7.87. The Labute approximate surface area is 107 Å². The lowest BCUT2D eigenvalue weighted by Crippen LogP contribution is -2.09. The monoisotopic (exact) mass is 242 g/mol. The van der Waals surface area contributed by atoms with Gasteiger partial charge in [-0.3, -0.25) is 4.79 Å². The van der Waals surface area contributed by atoms with Crippen molar-refractivity contribution in [2.24, 2.45) is 5.92 Å². The van der Waals surface area contributed by atoms with Crippen LogP contribution < -0.4 is 0 Å². The molecule has 0 atom stereocenters. The Balaban J connectivity index is 2.37. The molecule has 0 unspecified atom stereocenters. The van der Waals surface area contributed by atoms with Crippen LogP contribution >= 0.6 is 0 Å². The molecular weight excluding hydrogens is 224 g/mol. The molecule has 0 aromatic carbocycles. The lowest BCUT2D eigenvalue weighted by molar-refractivity contribution is 0.0939. The summed E-state index contributed by atoms with van der Waals surface area (Å²) < 4.78 is 2.07. The number of carbonyl (C=O) groups excluding carboxylic acids is 1. The summed E-state index contributed by atoms with van der Waals surface area (Å²) in [6.45, 7) is 7.89. The van der Waals surface area contributed by atoms with E-state index >= 15 is 0 Å². The largest absolute Gasteiger partial charge is 0.303 e. The zero-order valence-corrected chi connectivity index (χ0v) is 11.3. The third kappa shape index (κ3) is 2.21. The topological polar surface area (TPSA) is 34.9 Å². The van der Waals surface area contributed by atoms with Crippen molar-refractivity contribution in [1.82, 2.24) is 9.55 Å². The van der Waals surface area contributed by atoms with Gasteiger partial charge in [0, 0.05) is 29.1 Å². The molecule has 3 heteroatoms. The first kappa shape index (κ1) is 12.6. The van der Waals surface area contributed by atoms with E-state index in [1.807, 2.05) is 39.8 Å². The minimum absolute atomic E-state index is 0.00713. The van der Waals surface area contributed by atoms with Crippen LogP contribution in [0.15, 0.2) is 30.5 Å². The van der Waals surface area contributed by atoms with Crippen LogP contribution in [0.4, 0.5) is 0 Å². The maximum absolute atomic E-state index is 11.8. The molecule has 0 aliphatic rings. The first-order valence-electron chi connectivity index (χ1n) is 6.16. The molecule has 0 radical (unpaired) electrons. The number of ketones is 1. The molecule has 0 spiro atoms. The van der Waals surface area contributed by atoms with E-state index in [4.69, 9.17) is 0 Å². The normalized spacial score (nSPS) is 10.9. The van der Waals surface area contributed by atoms with Gasteiger partial charge in [0.05, 0.1) is 0 Å². The van der Waals surface area contributed by atoms with Crippen LogP contribution in [0.2, 0.25) is 0 Å². The number of carbonyl (C=O) groups is 1. The van der Waals surface area contributed by atoms with Crippen molar-refractivity contribution in [2.75, 3.05) is 0 Å². The van der Waals surface area contributed by atoms with Gasteiger partial charge in [-0.25, -0.2) is 4.98 Å². The third-order valence-electron chi connectivity index (χ3n) is 3.06. The molecule has 0 amide bonds. The standard InChI is InChI=1S/C15H18N2O/c1-10(2)15(18)13-7-8-14(16-9-13)17-11(3)5-6-12(17)4/h5-10H,1-4H3. The zero-order valence-electron chi connectivity index (χ0n) is 11.3. The second-order valence-corrected chi connectivity index (χ2v) is 4.88. The summed E-state index contributed by atoms with van der Waals surface area (Å²) in [5.41, 5.74) is 2.96. The highest BCUT2D eigenvalue weighted by Gasteiger charge is 2.11. The maximum Gasteiger partial charge on any atom is 0.166 e. The summed E-state index contributed by atoms with van der Waals surface area (Å²) in [6.07, 6.45) is 1.66. The highest BCUT2D eigenvalue weighted by atomic mass is 16.1. The molecule has 0 saturated carbocycles. The van der Waals surface area contributed by atoms with Gasteiger partial charge < -0.3 is 4.57 Å². The van der Waals surface area contributed by atoms with Gasteiger partial charge in [0.15, 0.2) is 5.78 Å². The van der Waals surface area contributed by atoms with Gasteiger partial charge in [0.2, 0.25) is 0 Å². The smallest absolute Gasteiger partial charge is 0.166 e. The molecule has 0 aliphatic carbocycles. The van der Waals surface area contributed by atoms with E-state index < -0.39 is 0 Å². The van der Waals surface area contributed by atoms with Gasteiger partial charge in [-0.2, -0.15) is 0 Å². The van der Waals surface area contributed by atoms with E-state index in [-0.39, 0.29) is 11.7 Å². The molecule has 0 fully saturated rings. The number of rotatable bonds is 3. The highest BCUT2D eigenvalue weighted by molar-refractivity contribution is 5.97. The van der Waals surface area contributed by atoms with Crippen molar-refractivity contribution in [1.29, 1.82) is 0 Å². The second-order valence-electron chi connectivity index (χ2n) is 4.88. The highest BCUT2D eigenvalue weighted by Crippen LogP contribution is 2.15. The van der Waals surface area contributed by atoms with Gasteiger partial charge >= 0.3 is 0 Å². The van der Waals surface area contributed by atoms with Crippen LogP contribution in [-0.2, 0) is 0 Å². The second kappa shape index (κ2) is 4.77. The van der Waals surface area contributed by atoms with Crippen molar-refractivity contribution in [2.45, 2.75) is 27.7 Å². The number of aryl methyl sites for hydroxylation is 2. The van der Waals surface area contributed by atoms with E-state index in [1.165, 1.54) is 0 Å². The third-order valence-corrected chi connectivity index (χ3v) is 3.06. The summed E-state index contributed by atoms with van der Waals surface area (Å²) in [5, 5.41) is 0. The molecule has 2 aromatic rings. The molecule has 0 saturated heterocycles. The molecular formula is C15H18N2O. The molecule has 94 valence electrons. The lowest BCUT2D eigenvalue weighted by atomic mass is 10.0. The molecule has 0 N–H and O–H groups in total. The van der Waals surface area contributed by atoms with Crippen LogP contribution in [0.3, 0.4) is 0 Å². The van der Waals surface area contributed by atoms with Gasteiger partial charge in [0.25, 0.3) is 0 Å². The van der Waals surface area contributed by atoms with Crippen LogP contribution in [-0.4, -0.2) is 15.3 Å². The number of Topliss-reactive ketones (excluding diaryl/α,β-unsaturated/α-hetero) is 1. The Bertz CT molecular complexity index is 545. The van der Waals surface area contributed by atoms with Gasteiger partial charge in [0.1, 0.15) is 5.82 Å². The lowest BCUT2D eigenvalue weighted by Gasteiger charge is -2.09. The number of hydrogen-bond donors (Lipinski definition) is 0. The predicted octanol–water partition coefficient (Wildman–Crippen LogP) is 3.33. The Kier molecular flexibility index (Phi) is 3.32. The fourth-order valence-electron chi connectivity index (χ4n) is 2.03. The number of pyridine rings is 1. The molecule has 3 nitrogen and oxygen atoms in total. The van der Waals surface area contributed by atoms with E-state index in [1.54, 1.807) is 6.20 Å². The summed E-state index contributed by atoms with van der Waals surface area (Å²) in [7, 11) is 0. The van der Waals surface area contributed by atoms with Crippen LogP contribution in [0.5, 0.6) is 0 Å². The Morgan fingerprint density at radius 2 is 1.72 bits per heavy atom. The fraction of sp³-hybridized carbons (Fsp3) is 0.333. The van der Waals surface area contributed by atoms with Crippen molar-refractivity contribution < 1.29 is 4.79 Å². The van der Waals surface area contributed by atoms with E-state index in [0.717, 1.165) is 17.2 Å².